The standard InChI is InChI=1S/C16H21ClN4O2/c1-16(2,3)23-15(22)21-6-4-10(5-7-21)11-8-12-13(14(17)20-11)19-9-18-12/h8-10,12H,4-7H2,1-3H3/t12-/m0/s1. The van der Waals surface area contributed by atoms with Gasteiger partial charge in [0, 0.05) is 24.7 Å². The number of ether oxygens (including phenoxy) is 1. The highest BCUT2D eigenvalue weighted by atomic mass is 35.5. The third kappa shape index (κ3) is 3.63. The Morgan fingerprint density at radius 2 is 2.04 bits per heavy atom. The number of rotatable bonds is 1. The minimum Gasteiger partial charge on any atom is -0.444 e. The number of aliphatic imine (C=N–C) groups is 3. The van der Waals surface area contributed by atoms with Crippen LogP contribution in [0.15, 0.2) is 26.8 Å². The van der Waals surface area contributed by atoms with Gasteiger partial charge in [-0.3, -0.25) is 4.99 Å². The fourth-order valence-corrected chi connectivity index (χ4v) is 3.15. The van der Waals surface area contributed by atoms with Gasteiger partial charge >= 0.3 is 6.09 Å². The number of piperidine rings is 1. The molecule has 23 heavy (non-hydrogen) atoms. The Balaban J connectivity index is 1.61. The number of carbonyl (C=O) groups excluding carboxylic acids is 1. The summed E-state index contributed by atoms with van der Waals surface area (Å²) in [5.41, 5.74) is 1.22. The molecule has 0 aromatic heterocycles. The normalized spacial score (nSPS) is 24.8. The van der Waals surface area contributed by atoms with Gasteiger partial charge in [-0.25, -0.2) is 14.8 Å². The van der Waals surface area contributed by atoms with Crippen molar-refractivity contribution in [2.45, 2.75) is 45.3 Å². The average molecular weight is 337 g/mol. The maximum Gasteiger partial charge on any atom is 0.410 e. The molecule has 0 unspecified atom stereocenters. The minimum atomic E-state index is -0.464. The van der Waals surface area contributed by atoms with E-state index in [0.29, 0.717) is 24.2 Å². The van der Waals surface area contributed by atoms with Crippen molar-refractivity contribution in [1.82, 2.24) is 4.90 Å². The zero-order valence-corrected chi connectivity index (χ0v) is 14.4. The van der Waals surface area contributed by atoms with Crippen LogP contribution in [0.1, 0.15) is 33.6 Å². The van der Waals surface area contributed by atoms with Crippen LogP contribution in [0.25, 0.3) is 0 Å². The number of hydrogen-bond donors (Lipinski definition) is 0. The first-order valence-electron chi connectivity index (χ1n) is 7.87. The van der Waals surface area contributed by atoms with Crippen LogP contribution in [0.5, 0.6) is 0 Å². The SMILES string of the molecule is CC(C)(C)OC(=O)N1CCC(C2=C[C@@H]3N=CN=C3C(Cl)=N2)CC1. The van der Waals surface area contributed by atoms with Crippen molar-refractivity contribution in [3.8, 4) is 0 Å². The second kappa shape index (κ2) is 6.07. The highest BCUT2D eigenvalue weighted by Crippen LogP contribution is 2.30. The van der Waals surface area contributed by atoms with Gasteiger partial charge in [-0.05, 0) is 39.7 Å². The second-order valence-corrected chi connectivity index (χ2v) is 7.32. The molecule has 1 saturated heterocycles. The largest absolute Gasteiger partial charge is 0.444 e. The molecule has 6 nitrogen and oxygen atoms in total. The average Bonchev–Trinajstić information content (AvgIpc) is 2.94. The Morgan fingerprint density at radius 3 is 2.70 bits per heavy atom. The van der Waals surface area contributed by atoms with Gasteiger partial charge in [-0.2, -0.15) is 0 Å². The highest BCUT2D eigenvalue weighted by molar-refractivity contribution is 6.85. The zero-order valence-electron chi connectivity index (χ0n) is 13.6. The van der Waals surface area contributed by atoms with E-state index >= 15 is 0 Å². The van der Waals surface area contributed by atoms with Crippen molar-refractivity contribution >= 4 is 34.9 Å². The summed E-state index contributed by atoms with van der Waals surface area (Å²) in [5.74, 6) is 0.291. The predicted octanol–water partition coefficient (Wildman–Crippen LogP) is 3.02. The molecule has 7 heteroatoms. The summed E-state index contributed by atoms with van der Waals surface area (Å²) in [6.07, 6.45) is 5.01. The van der Waals surface area contributed by atoms with Crippen LogP contribution in [0.4, 0.5) is 4.79 Å². The molecule has 0 aromatic rings. The van der Waals surface area contributed by atoms with Crippen LogP contribution in [0, 0.1) is 5.92 Å². The first-order valence-corrected chi connectivity index (χ1v) is 8.25. The van der Waals surface area contributed by atoms with Crippen LogP contribution < -0.4 is 0 Å². The van der Waals surface area contributed by atoms with Crippen LogP contribution >= 0.6 is 11.6 Å². The fraction of sp³-hybridized carbons (Fsp3) is 0.625. The smallest absolute Gasteiger partial charge is 0.410 e. The van der Waals surface area contributed by atoms with Crippen molar-refractivity contribution in [3.05, 3.63) is 11.8 Å². The first kappa shape index (κ1) is 16.2. The number of carbonyl (C=O) groups is 1. The molecule has 0 aromatic carbocycles. The van der Waals surface area contributed by atoms with E-state index < -0.39 is 5.60 Å². The molecule has 1 atom stereocenters. The molecule has 0 saturated carbocycles. The van der Waals surface area contributed by atoms with Crippen molar-refractivity contribution in [2.24, 2.45) is 20.9 Å². The summed E-state index contributed by atoms with van der Waals surface area (Å²) >= 11 is 6.20. The Hall–Kier alpha value is -1.69. The van der Waals surface area contributed by atoms with E-state index in [1.54, 1.807) is 4.90 Å². The second-order valence-electron chi connectivity index (χ2n) is 6.96. The van der Waals surface area contributed by atoms with E-state index in [1.807, 2.05) is 26.8 Å². The van der Waals surface area contributed by atoms with E-state index in [2.05, 4.69) is 15.0 Å². The van der Waals surface area contributed by atoms with Gasteiger partial charge < -0.3 is 9.64 Å². The van der Waals surface area contributed by atoms with Crippen LogP contribution in [-0.2, 0) is 4.74 Å². The summed E-state index contributed by atoms with van der Waals surface area (Å²) in [5, 5.41) is 0.430. The molecule has 1 amide bonds. The Morgan fingerprint density at radius 1 is 1.35 bits per heavy atom. The number of nitrogens with zero attached hydrogens (tertiary/aromatic N) is 4. The maximum atomic E-state index is 12.1. The molecule has 3 aliphatic rings. The summed E-state index contributed by atoms with van der Waals surface area (Å²) in [7, 11) is 0. The molecular weight excluding hydrogens is 316 g/mol. The lowest BCUT2D eigenvalue weighted by molar-refractivity contribution is 0.0194. The Labute approximate surface area is 141 Å². The molecule has 3 aliphatic heterocycles. The van der Waals surface area contributed by atoms with Crippen molar-refractivity contribution in [2.75, 3.05) is 13.1 Å². The number of hydrogen-bond acceptors (Lipinski definition) is 5. The van der Waals surface area contributed by atoms with E-state index in [0.717, 1.165) is 24.3 Å². The van der Waals surface area contributed by atoms with Crippen LogP contribution in [-0.4, -0.2) is 52.9 Å². The molecule has 124 valence electrons. The topological polar surface area (TPSA) is 66.6 Å². The van der Waals surface area contributed by atoms with E-state index in [-0.39, 0.29) is 12.1 Å². The van der Waals surface area contributed by atoms with Gasteiger partial charge in [0.05, 0.1) is 0 Å². The lowest BCUT2D eigenvalue weighted by atomic mass is 9.91. The van der Waals surface area contributed by atoms with Crippen LogP contribution in [0.3, 0.4) is 0 Å². The number of fused-ring (bicyclic) bond motifs is 1. The zero-order chi connectivity index (χ0) is 16.6. The van der Waals surface area contributed by atoms with Gasteiger partial charge in [0.1, 0.15) is 23.7 Å². The Bertz CT molecular complexity index is 622. The number of allylic oxidation sites excluding steroid dienone is 1. The van der Waals surface area contributed by atoms with Gasteiger partial charge in [-0.15, -0.1) is 0 Å². The molecule has 0 aliphatic carbocycles. The molecule has 0 radical (unpaired) electrons. The predicted molar refractivity (Wildman–Crippen MR) is 91.6 cm³/mol. The molecule has 0 bridgehead atoms. The van der Waals surface area contributed by atoms with Crippen molar-refractivity contribution in [1.29, 1.82) is 0 Å². The number of amides is 1. The highest BCUT2D eigenvalue weighted by Gasteiger charge is 2.32. The molecule has 0 spiro atoms. The Kier molecular flexibility index (Phi) is 4.27. The fourth-order valence-electron chi connectivity index (χ4n) is 2.89. The monoisotopic (exact) mass is 336 g/mol. The molecule has 3 heterocycles. The number of halogens is 1. The van der Waals surface area contributed by atoms with E-state index in [1.165, 1.54) is 6.34 Å². The van der Waals surface area contributed by atoms with Gasteiger partial charge in [0.25, 0.3) is 0 Å². The summed E-state index contributed by atoms with van der Waals surface area (Å²) in [6, 6.07) is -0.0983. The summed E-state index contributed by atoms with van der Waals surface area (Å²) in [6.45, 7) is 6.96. The van der Waals surface area contributed by atoms with Crippen LogP contribution in [0.2, 0.25) is 0 Å². The lowest BCUT2D eigenvalue weighted by Gasteiger charge is -2.34. The van der Waals surface area contributed by atoms with E-state index in [4.69, 9.17) is 16.3 Å². The minimum absolute atomic E-state index is 0.0983. The third-order valence-corrected chi connectivity index (χ3v) is 4.31. The third-order valence-electron chi connectivity index (χ3n) is 4.04. The quantitative estimate of drug-likeness (QED) is 0.738. The van der Waals surface area contributed by atoms with Gasteiger partial charge in [-0.1, -0.05) is 11.6 Å². The van der Waals surface area contributed by atoms with Gasteiger partial charge in [0.2, 0.25) is 0 Å². The molecule has 3 rings (SSSR count). The molecular formula is C16H21ClN4O2. The summed E-state index contributed by atoms with van der Waals surface area (Å²) in [4.78, 5) is 26.8. The lowest BCUT2D eigenvalue weighted by Crippen LogP contribution is -2.42. The molecule has 0 N–H and O–H groups in total. The van der Waals surface area contributed by atoms with Crippen molar-refractivity contribution in [3.63, 3.8) is 0 Å². The van der Waals surface area contributed by atoms with Gasteiger partial charge in [0.15, 0.2) is 5.17 Å². The molecule has 1 fully saturated rings. The van der Waals surface area contributed by atoms with E-state index in [9.17, 15) is 4.79 Å². The van der Waals surface area contributed by atoms with Crippen molar-refractivity contribution < 1.29 is 9.53 Å². The summed E-state index contributed by atoms with van der Waals surface area (Å²) < 4.78 is 5.42. The maximum absolute atomic E-state index is 12.1. The first-order chi connectivity index (χ1) is 10.8. The number of likely N-dealkylation sites (tertiary alicyclic amines) is 1.